The molecule has 0 saturated heterocycles. The van der Waals surface area contributed by atoms with Crippen LogP contribution in [0.5, 0.6) is 0 Å². The summed E-state index contributed by atoms with van der Waals surface area (Å²) in [7, 11) is 1.71. The van der Waals surface area contributed by atoms with Gasteiger partial charge < -0.3 is 10.3 Å². The summed E-state index contributed by atoms with van der Waals surface area (Å²) in [6.45, 7) is 2.06. The molecule has 2 aromatic carbocycles. The first-order chi connectivity index (χ1) is 12.0. The largest absolute Gasteiger partial charge is 0.345 e. The van der Waals surface area contributed by atoms with E-state index in [0.29, 0.717) is 17.0 Å². The van der Waals surface area contributed by atoms with Gasteiger partial charge in [-0.05, 0) is 49.4 Å². The zero-order valence-electron chi connectivity index (χ0n) is 14.4. The lowest BCUT2D eigenvalue weighted by molar-refractivity contribution is 0.0932. The number of rotatable bonds is 4. The van der Waals surface area contributed by atoms with Gasteiger partial charge in [-0.1, -0.05) is 29.8 Å². The molecule has 5 nitrogen and oxygen atoms in total. The van der Waals surface area contributed by atoms with Gasteiger partial charge in [-0.3, -0.25) is 9.36 Å². The number of carbonyl (C=O) groups is 1. The summed E-state index contributed by atoms with van der Waals surface area (Å²) in [5, 5.41) is 3.18. The second-order valence-corrected chi connectivity index (χ2v) is 6.92. The van der Waals surface area contributed by atoms with Crippen LogP contribution < -0.4 is 11.0 Å². The van der Waals surface area contributed by atoms with Crippen molar-refractivity contribution >= 4 is 16.9 Å². The minimum absolute atomic E-state index is 0.0404. The minimum atomic E-state index is -0.178. The molecule has 1 atom stereocenters. The van der Waals surface area contributed by atoms with E-state index in [1.165, 1.54) is 10.1 Å². The molecule has 1 heterocycles. The molecule has 1 aliphatic rings. The number of aromatic nitrogens is 2. The maximum atomic E-state index is 12.8. The Morgan fingerprint density at radius 1 is 1.20 bits per heavy atom. The first-order valence-electron chi connectivity index (χ1n) is 8.59. The van der Waals surface area contributed by atoms with Crippen LogP contribution in [0.25, 0.3) is 11.0 Å². The maximum Gasteiger partial charge on any atom is 0.326 e. The number of imidazole rings is 1. The standard InChI is InChI=1S/C20H21N3O2/c1-12-3-5-13(6-4-12)18(14-7-8-14)22-19(24)15-9-10-17-16(11-15)21-20(25)23(17)2/h3-6,9-11,14,18H,7-8H2,1-2H3,(H,21,25)(H,22,24)/t18-/m0/s1. The summed E-state index contributed by atoms with van der Waals surface area (Å²) >= 11 is 0. The van der Waals surface area contributed by atoms with Crippen LogP contribution in [-0.4, -0.2) is 15.5 Å². The third kappa shape index (κ3) is 2.97. The van der Waals surface area contributed by atoms with E-state index in [1.807, 2.05) is 0 Å². The number of nitrogens with one attached hydrogen (secondary N) is 2. The molecule has 0 bridgehead atoms. The van der Waals surface area contributed by atoms with Crippen molar-refractivity contribution in [2.75, 3.05) is 0 Å². The van der Waals surface area contributed by atoms with Crippen LogP contribution in [0.2, 0.25) is 0 Å². The molecule has 2 N–H and O–H groups in total. The Balaban J connectivity index is 1.61. The van der Waals surface area contributed by atoms with Crippen molar-refractivity contribution in [2.45, 2.75) is 25.8 Å². The number of fused-ring (bicyclic) bond motifs is 1. The Labute approximate surface area is 145 Å². The lowest BCUT2D eigenvalue weighted by Gasteiger charge is -2.19. The van der Waals surface area contributed by atoms with Crippen LogP contribution in [-0.2, 0) is 7.05 Å². The Morgan fingerprint density at radius 3 is 2.60 bits per heavy atom. The van der Waals surface area contributed by atoms with E-state index in [-0.39, 0.29) is 17.6 Å². The third-order valence-electron chi connectivity index (χ3n) is 4.98. The van der Waals surface area contributed by atoms with Crippen LogP contribution in [0.15, 0.2) is 47.3 Å². The molecule has 3 aromatic rings. The zero-order chi connectivity index (χ0) is 17.6. The van der Waals surface area contributed by atoms with Crippen molar-refractivity contribution in [3.05, 3.63) is 69.6 Å². The van der Waals surface area contributed by atoms with Gasteiger partial charge in [-0.25, -0.2) is 4.79 Å². The average Bonchev–Trinajstić information content (AvgIpc) is 3.40. The van der Waals surface area contributed by atoms with Crippen molar-refractivity contribution in [1.29, 1.82) is 0 Å². The number of nitrogens with zero attached hydrogens (tertiary/aromatic N) is 1. The van der Waals surface area contributed by atoms with E-state index in [0.717, 1.165) is 23.9 Å². The fraction of sp³-hybridized carbons (Fsp3) is 0.300. The third-order valence-corrected chi connectivity index (χ3v) is 4.98. The van der Waals surface area contributed by atoms with E-state index in [1.54, 1.807) is 25.2 Å². The highest BCUT2D eigenvalue weighted by molar-refractivity contribution is 5.97. The predicted molar refractivity (Wildman–Crippen MR) is 97.6 cm³/mol. The van der Waals surface area contributed by atoms with Gasteiger partial charge in [-0.15, -0.1) is 0 Å². The predicted octanol–water partition coefficient (Wildman–Crippen LogP) is 3.06. The Morgan fingerprint density at radius 2 is 1.92 bits per heavy atom. The Hall–Kier alpha value is -2.82. The maximum absolute atomic E-state index is 12.8. The first kappa shape index (κ1) is 15.7. The minimum Gasteiger partial charge on any atom is -0.345 e. The number of aryl methyl sites for hydroxylation is 2. The molecule has 128 valence electrons. The molecule has 1 amide bonds. The molecule has 1 saturated carbocycles. The number of H-pyrrole nitrogens is 1. The molecular formula is C20H21N3O2. The van der Waals surface area contributed by atoms with Crippen LogP contribution in [0.3, 0.4) is 0 Å². The van der Waals surface area contributed by atoms with Gasteiger partial charge in [0.05, 0.1) is 17.1 Å². The molecule has 1 aromatic heterocycles. The van der Waals surface area contributed by atoms with Crippen molar-refractivity contribution in [2.24, 2.45) is 13.0 Å². The van der Waals surface area contributed by atoms with Crippen LogP contribution in [0.1, 0.15) is 40.4 Å². The second kappa shape index (κ2) is 5.92. The highest BCUT2D eigenvalue weighted by Crippen LogP contribution is 2.41. The van der Waals surface area contributed by atoms with E-state index >= 15 is 0 Å². The quantitative estimate of drug-likeness (QED) is 0.769. The fourth-order valence-electron chi connectivity index (χ4n) is 3.28. The molecule has 5 heteroatoms. The number of aromatic amines is 1. The van der Waals surface area contributed by atoms with Gasteiger partial charge in [0.2, 0.25) is 0 Å². The van der Waals surface area contributed by atoms with E-state index in [2.05, 4.69) is 41.5 Å². The summed E-state index contributed by atoms with van der Waals surface area (Å²) in [5.74, 6) is 0.399. The van der Waals surface area contributed by atoms with Crippen molar-refractivity contribution in [3.63, 3.8) is 0 Å². The highest BCUT2D eigenvalue weighted by atomic mass is 16.2. The van der Waals surface area contributed by atoms with E-state index in [9.17, 15) is 9.59 Å². The average molecular weight is 335 g/mol. The number of hydrogen-bond acceptors (Lipinski definition) is 2. The monoisotopic (exact) mass is 335 g/mol. The lowest BCUT2D eigenvalue weighted by Crippen LogP contribution is -2.29. The van der Waals surface area contributed by atoms with Gasteiger partial charge in [0.1, 0.15) is 0 Å². The molecule has 0 aliphatic heterocycles. The fourth-order valence-corrected chi connectivity index (χ4v) is 3.28. The normalized spacial score (nSPS) is 15.3. The SMILES string of the molecule is Cc1ccc([C@H](NC(=O)c2ccc3c(c2)[nH]c(=O)n3C)C2CC2)cc1. The summed E-state index contributed by atoms with van der Waals surface area (Å²) in [6.07, 6.45) is 2.29. The summed E-state index contributed by atoms with van der Waals surface area (Å²) in [6, 6.07) is 13.7. The van der Waals surface area contributed by atoms with Gasteiger partial charge in [-0.2, -0.15) is 0 Å². The van der Waals surface area contributed by atoms with Crippen molar-refractivity contribution < 1.29 is 4.79 Å². The van der Waals surface area contributed by atoms with Crippen LogP contribution in [0.4, 0.5) is 0 Å². The van der Waals surface area contributed by atoms with Gasteiger partial charge in [0.25, 0.3) is 5.91 Å². The van der Waals surface area contributed by atoms with Crippen molar-refractivity contribution in [3.8, 4) is 0 Å². The molecule has 0 spiro atoms. The zero-order valence-corrected chi connectivity index (χ0v) is 14.4. The summed E-state index contributed by atoms with van der Waals surface area (Å²) < 4.78 is 1.54. The number of carbonyl (C=O) groups excluding carboxylic acids is 1. The van der Waals surface area contributed by atoms with Gasteiger partial charge >= 0.3 is 5.69 Å². The summed E-state index contributed by atoms with van der Waals surface area (Å²) in [4.78, 5) is 27.2. The number of amides is 1. The van der Waals surface area contributed by atoms with Crippen LogP contribution >= 0.6 is 0 Å². The number of benzene rings is 2. The second-order valence-electron chi connectivity index (χ2n) is 6.92. The molecule has 25 heavy (non-hydrogen) atoms. The topological polar surface area (TPSA) is 66.9 Å². The van der Waals surface area contributed by atoms with E-state index < -0.39 is 0 Å². The molecule has 4 rings (SSSR count). The first-order valence-corrected chi connectivity index (χ1v) is 8.59. The van der Waals surface area contributed by atoms with Crippen molar-refractivity contribution in [1.82, 2.24) is 14.9 Å². The van der Waals surface area contributed by atoms with Crippen LogP contribution in [0, 0.1) is 12.8 Å². The lowest BCUT2D eigenvalue weighted by atomic mass is 10.0. The molecule has 0 unspecified atom stereocenters. The molecular weight excluding hydrogens is 314 g/mol. The molecule has 1 fully saturated rings. The van der Waals surface area contributed by atoms with E-state index in [4.69, 9.17) is 0 Å². The number of hydrogen-bond donors (Lipinski definition) is 2. The van der Waals surface area contributed by atoms with Gasteiger partial charge in [0.15, 0.2) is 0 Å². The highest BCUT2D eigenvalue weighted by Gasteiger charge is 2.33. The summed E-state index contributed by atoms with van der Waals surface area (Å²) in [5.41, 5.74) is 4.21. The smallest absolute Gasteiger partial charge is 0.326 e. The molecule has 1 aliphatic carbocycles. The van der Waals surface area contributed by atoms with Gasteiger partial charge in [0, 0.05) is 12.6 Å². The Kier molecular flexibility index (Phi) is 3.71. The Bertz CT molecular complexity index is 994. The molecule has 0 radical (unpaired) electrons.